The fourth-order valence-electron chi connectivity index (χ4n) is 1.80. The molecule has 1 amide bonds. The minimum atomic E-state index is -0.792. The monoisotopic (exact) mass is 244 g/mol. The second-order valence-corrected chi connectivity index (χ2v) is 4.28. The highest BCUT2D eigenvalue weighted by Crippen LogP contribution is 2.07. The third kappa shape index (κ3) is 4.32. The van der Waals surface area contributed by atoms with E-state index in [9.17, 15) is 14.7 Å². The summed E-state index contributed by atoms with van der Waals surface area (Å²) in [5.74, 6) is -0.618. The third-order valence-corrected chi connectivity index (χ3v) is 2.90. The van der Waals surface area contributed by atoms with Crippen LogP contribution in [0.3, 0.4) is 0 Å². The normalized spacial score (nSPS) is 22.9. The zero-order valence-corrected chi connectivity index (χ0v) is 10.2. The minimum Gasteiger partial charge on any atom is -0.469 e. The number of nitrogens with one attached hydrogen (secondary N) is 2. The number of methoxy groups -OCH3 is 1. The fourth-order valence-corrected chi connectivity index (χ4v) is 1.80. The molecule has 1 aliphatic rings. The molecular weight excluding hydrogens is 224 g/mol. The Labute approximate surface area is 101 Å². The number of carbonyl (C=O) groups is 2. The molecular formula is C11H20N2O4. The molecule has 1 heterocycles. The second kappa shape index (κ2) is 6.56. The topological polar surface area (TPSA) is 87.7 Å². The van der Waals surface area contributed by atoms with Gasteiger partial charge in [0.25, 0.3) is 0 Å². The van der Waals surface area contributed by atoms with Crippen LogP contribution in [-0.4, -0.2) is 48.8 Å². The molecule has 6 nitrogen and oxygen atoms in total. The lowest BCUT2D eigenvalue weighted by molar-refractivity contribution is -0.142. The van der Waals surface area contributed by atoms with E-state index in [-0.39, 0.29) is 18.4 Å². The highest BCUT2D eigenvalue weighted by molar-refractivity contribution is 5.83. The zero-order valence-electron chi connectivity index (χ0n) is 10.2. The summed E-state index contributed by atoms with van der Waals surface area (Å²) in [5.41, 5.74) is 0. The molecule has 17 heavy (non-hydrogen) atoms. The Morgan fingerprint density at radius 3 is 2.76 bits per heavy atom. The first-order chi connectivity index (χ1) is 8.04. The molecule has 0 radical (unpaired) electrons. The van der Waals surface area contributed by atoms with E-state index >= 15 is 0 Å². The van der Waals surface area contributed by atoms with Crippen LogP contribution in [0.5, 0.6) is 0 Å². The molecule has 1 rings (SSSR count). The Bertz CT molecular complexity index is 275. The smallest absolute Gasteiger partial charge is 0.307 e. The maximum absolute atomic E-state index is 11.8. The number of carbonyl (C=O) groups excluding carboxylic acids is 2. The Hall–Kier alpha value is -1.14. The third-order valence-electron chi connectivity index (χ3n) is 2.90. The van der Waals surface area contributed by atoms with E-state index in [1.807, 2.05) is 0 Å². The van der Waals surface area contributed by atoms with Crippen LogP contribution in [0.4, 0.5) is 0 Å². The van der Waals surface area contributed by atoms with Crippen LogP contribution in [-0.2, 0) is 14.3 Å². The van der Waals surface area contributed by atoms with E-state index in [4.69, 9.17) is 0 Å². The van der Waals surface area contributed by atoms with Gasteiger partial charge in [-0.25, -0.2) is 0 Å². The van der Waals surface area contributed by atoms with Gasteiger partial charge in [0.1, 0.15) is 0 Å². The van der Waals surface area contributed by atoms with Gasteiger partial charge in [-0.1, -0.05) is 0 Å². The van der Waals surface area contributed by atoms with Crippen molar-refractivity contribution in [2.75, 3.05) is 13.7 Å². The average molecular weight is 244 g/mol. The van der Waals surface area contributed by atoms with Crippen molar-refractivity contribution >= 4 is 11.9 Å². The number of hydrogen-bond acceptors (Lipinski definition) is 5. The summed E-state index contributed by atoms with van der Waals surface area (Å²) in [6, 6.07) is -0.814. The Kier molecular flexibility index (Phi) is 5.37. The molecule has 0 aromatic carbocycles. The van der Waals surface area contributed by atoms with Gasteiger partial charge in [0.05, 0.1) is 31.7 Å². The molecule has 0 aromatic rings. The lowest BCUT2D eigenvalue weighted by Crippen LogP contribution is -2.49. The Morgan fingerprint density at radius 1 is 1.59 bits per heavy atom. The predicted octanol–water partition coefficient (Wildman–Crippen LogP) is -0.833. The lowest BCUT2D eigenvalue weighted by Gasteiger charge is -2.22. The second-order valence-electron chi connectivity index (χ2n) is 4.28. The lowest BCUT2D eigenvalue weighted by atomic mass is 10.1. The number of rotatable bonds is 5. The van der Waals surface area contributed by atoms with Gasteiger partial charge in [0.15, 0.2) is 0 Å². The Balaban J connectivity index is 2.47. The van der Waals surface area contributed by atoms with Crippen molar-refractivity contribution in [3.63, 3.8) is 0 Å². The molecule has 0 saturated carbocycles. The van der Waals surface area contributed by atoms with Crippen molar-refractivity contribution in [3.05, 3.63) is 0 Å². The van der Waals surface area contributed by atoms with Gasteiger partial charge in [-0.15, -0.1) is 0 Å². The van der Waals surface area contributed by atoms with Crippen LogP contribution in [0, 0.1) is 0 Å². The summed E-state index contributed by atoms with van der Waals surface area (Å²) < 4.78 is 4.52. The predicted molar refractivity (Wildman–Crippen MR) is 61.3 cm³/mol. The summed E-state index contributed by atoms with van der Waals surface area (Å²) in [6.45, 7) is 2.37. The molecule has 98 valence electrons. The number of aliphatic hydroxyl groups excluding tert-OH is 1. The van der Waals surface area contributed by atoms with Crippen molar-refractivity contribution in [3.8, 4) is 0 Å². The molecule has 0 aliphatic carbocycles. The maximum Gasteiger partial charge on any atom is 0.307 e. The van der Waals surface area contributed by atoms with E-state index in [1.54, 1.807) is 0 Å². The van der Waals surface area contributed by atoms with Gasteiger partial charge < -0.3 is 20.5 Å². The van der Waals surface area contributed by atoms with Crippen LogP contribution in [0.15, 0.2) is 0 Å². The zero-order chi connectivity index (χ0) is 12.8. The standard InChI is InChI=1S/C11H20N2O4/c1-7(14)9(6-10(15)17-2)13-11(16)8-4-3-5-12-8/h7-9,12,14H,3-6H2,1-2H3,(H,13,16)/t7-,8+,9-/m1/s1. The first kappa shape index (κ1) is 13.9. The van der Waals surface area contributed by atoms with Gasteiger partial charge in [-0.05, 0) is 26.3 Å². The van der Waals surface area contributed by atoms with Gasteiger partial charge in [0.2, 0.25) is 5.91 Å². The molecule has 0 bridgehead atoms. The summed E-state index contributed by atoms with van der Waals surface area (Å²) in [7, 11) is 1.28. The van der Waals surface area contributed by atoms with Crippen molar-refractivity contribution in [2.24, 2.45) is 0 Å². The summed E-state index contributed by atoms with van der Waals surface area (Å²) in [6.07, 6.45) is 0.942. The van der Waals surface area contributed by atoms with Crippen molar-refractivity contribution in [2.45, 2.75) is 44.4 Å². The van der Waals surface area contributed by atoms with E-state index < -0.39 is 18.1 Å². The van der Waals surface area contributed by atoms with Crippen LogP contribution < -0.4 is 10.6 Å². The average Bonchev–Trinajstić information content (AvgIpc) is 2.81. The molecule has 1 aliphatic heterocycles. The number of hydrogen-bond donors (Lipinski definition) is 3. The van der Waals surface area contributed by atoms with Crippen LogP contribution in [0.25, 0.3) is 0 Å². The maximum atomic E-state index is 11.8. The highest BCUT2D eigenvalue weighted by Gasteiger charge is 2.27. The molecule has 1 saturated heterocycles. The number of amides is 1. The number of aliphatic hydroxyl groups is 1. The van der Waals surface area contributed by atoms with Gasteiger partial charge >= 0.3 is 5.97 Å². The van der Waals surface area contributed by atoms with Gasteiger partial charge in [-0.2, -0.15) is 0 Å². The fraction of sp³-hybridized carbons (Fsp3) is 0.818. The summed E-state index contributed by atoms with van der Waals surface area (Å²) >= 11 is 0. The number of esters is 1. The van der Waals surface area contributed by atoms with E-state index in [0.717, 1.165) is 19.4 Å². The van der Waals surface area contributed by atoms with Crippen LogP contribution in [0.2, 0.25) is 0 Å². The molecule has 0 spiro atoms. The summed E-state index contributed by atoms with van der Waals surface area (Å²) in [5, 5.41) is 15.2. The molecule has 0 unspecified atom stereocenters. The minimum absolute atomic E-state index is 0.0212. The molecule has 1 fully saturated rings. The SMILES string of the molecule is COC(=O)C[C@@H](NC(=O)[C@@H]1CCCN1)[C@@H](C)O. The first-order valence-corrected chi connectivity index (χ1v) is 5.83. The van der Waals surface area contributed by atoms with Crippen LogP contribution in [0.1, 0.15) is 26.2 Å². The van der Waals surface area contributed by atoms with E-state index in [2.05, 4.69) is 15.4 Å². The quantitative estimate of drug-likeness (QED) is 0.549. The van der Waals surface area contributed by atoms with Crippen molar-refractivity contribution in [1.82, 2.24) is 10.6 Å². The number of ether oxygens (including phenoxy) is 1. The van der Waals surface area contributed by atoms with E-state index in [1.165, 1.54) is 14.0 Å². The van der Waals surface area contributed by atoms with Crippen molar-refractivity contribution in [1.29, 1.82) is 0 Å². The van der Waals surface area contributed by atoms with Gasteiger partial charge in [0, 0.05) is 0 Å². The molecule has 0 aromatic heterocycles. The summed E-state index contributed by atoms with van der Waals surface area (Å²) in [4.78, 5) is 22.9. The molecule has 3 atom stereocenters. The first-order valence-electron chi connectivity index (χ1n) is 5.83. The Morgan fingerprint density at radius 2 is 2.29 bits per heavy atom. The molecule has 6 heteroatoms. The van der Waals surface area contributed by atoms with Crippen LogP contribution >= 0.6 is 0 Å². The van der Waals surface area contributed by atoms with Gasteiger partial charge in [-0.3, -0.25) is 9.59 Å². The molecule has 3 N–H and O–H groups in total. The van der Waals surface area contributed by atoms with E-state index in [0.29, 0.717) is 0 Å². The van der Waals surface area contributed by atoms with Crippen molar-refractivity contribution < 1.29 is 19.4 Å². The largest absolute Gasteiger partial charge is 0.469 e. The highest BCUT2D eigenvalue weighted by atomic mass is 16.5.